The molecule has 0 heterocycles. The molecule has 0 spiro atoms. The summed E-state index contributed by atoms with van der Waals surface area (Å²) in [5, 5.41) is 3.11. The zero-order valence-corrected chi connectivity index (χ0v) is 11.4. The number of rotatable bonds is 5. The summed E-state index contributed by atoms with van der Waals surface area (Å²) in [5.41, 5.74) is 6.39. The highest BCUT2D eigenvalue weighted by Crippen LogP contribution is 2.26. The summed E-state index contributed by atoms with van der Waals surface area (Å²) in [4.78, 5) is 11.6. The van der Waals surface area contributed by atoms with Crippen molar-refractivity contribution >= 4 is 17.5 Å². The summed E-state index contributed by atoms with van der Waals surface area (Å²) in [7, 11) is 0. The highest BCUT2D eigenvalue weighted by molar-refractivity contribution is 6.31. The van der Waals surface area contributed by atoms with Crippen molar-refractivity contribution in [3.63, 3.8) is 0 Å². The molecule has 0 aromatic heterocycles. The Morgan fingerprint density at radius 2 is 1.90 bits per heavy atom. The minimum atomic E-state index is -0.969. The molecule has 1 amide bonds. The highest BCUT2D eigenvalue weighted by Gasteiger charge is 2.23. The van der Waals surface area contributed by atoms with Gasteiger partial charge in [0, 0.05) is 17.1 Å². The van der Waals surface area contributed by atoms with Crippen LogP contribution in [-0.2, 0) is 11.3 Å². The van der Waals surface area contributed by atoms with Gasteiger partial charge in [0.1, 0.15) is 11.9 Å². The maximum absolute atomic E-state index is 13.9. The minimum absolute atomic E-state index is 0.0811. The van der Waals surface area contributed by atoms with E-state index in [4.69, 9.17) is 17.3 Å². The minimum Gasteiger partial charge on any atom is -0.368 e. The van der Waals surface area contributed by atoms with E-state index < -0.39 is 17.8 Å². The molecule has 2 aromatic rings. The Morgan fingerprint density at radius 1 is 1.20 bits per heavy atom. The summed E-state index contributed by atoms with van der Waals surface area (Å²) in [6.07, 6.45) is 0. The standard InChI is InChI=1S/C15H14ClFN2O/c16-11-7-4-8-12(17)13(11)14(15(18)20)19-9-10-5-2-1-3-6-10/h1-8,14,19H,9H2,(H2,18,20). The van der Waals surface area contributed by atoms with Crippen molar-refractivity contribution in [2.24, 2.45) is 5.73 Å². The van der Waals surface area contributed by atoms with Crippen LogP contribution in [0.5, 0.6) is 0 Å². The molecule has 0 fully saturated rings. The molecule has 0 aliphatic heterocycles. The molecule has 0 saturated heterocycles. The number of benzene rings is 2. The zero-order valence-electron chi connectivity index (χ0n) is 10.6. The van der Waals surface area contributed by atoms with E-state index in [-0.39, 0.29) is 10.6 Å². The summed E-state index contributed by atoms with van der Waals surface area (Å²) < 4.78 is 13.9. The van der Waals surface area contributed by atoms with Gasteiger partial charge >= 0.3 is 0 Å². The van der Waals surface area contributed by atoms with Crippen LogP contribution in [0.2, 0.25) is 5.02 Å². The van der Waals surface area contributed by atoms with Crippen LogP contribution in [0.25, 0.3) is 0 Å². The van der Waals surface area contributed by atoms with E-state index >= 15 is 0 Å². The third-order valence-electron chi connectivity index (χ3n) is 2.93. The van der Waals surface area contributed by atoms with Crippen LogP contribution in [0.1, 0.15) is 17.2 Å². The Morgan fingerprint density at radius 3 is 2.50 bits per heavy atom. The molecule has 2 aromatic carbocycles. The van der Waals surface area contributed by atoms with Crippen molar-refractivity contribution in [2.75, 3.05) is 0 Å². The second-order valence-electron chi connectivity index (χ2n) is 4.34. The van der Waals surface area contributed by atoms with Crippen LogP contribution in [0.15, 0.2) is 48.5 Å². The molecule has 1 atom stereocenters. The van der Waals surface area contributed by atoms with Gasteiger partial charge in [0.05, 0.1) is 0 Å². The zero-order chi connectivity index (χ0) is 14.5. The molecule has 3 nitrogen and oxygen atoms in total. The molecule has 0 aliphatic carbocycles. The molecule has 0 aliphatic rings. The molecular formula is C15H14ClFN2O. The number of nitrogens with two attached hydrogens (primary N) is 1. The number of primary amides is 1. The first-order valence-electron chi connectivity index (χ1n) is 6.10. The molecule has 0 saturated carbocycles. The van der Waals surface area contributed by atoms with E-state index in [1.54, 1.807) is 0 Å². The molecule has 1 unspecified atom stereocenters. The van der Waals surface area contributed by atoms with Crippen molar-refractivity contribution in [3.05, 3.63) is 70.5 Å². The summed E-state index contributed by atoms with van der Waals surface area (Å²) >= 11 is 5.96. The Kier molecular flexibility index (Phi) is 4.71. The van der Waals surface area contributed by atoms with Gasteiger partial charge in [0.25, 0.3) is 0 Å². The Hall–Kier alpha value is -1.91. The number of carbonyl (C=O) groups is 1. The summed E-state index contributed by atoms with van der Waals surface area (Å²) in [5.74, 6) is -1.23. The molecular weight excluding hydrogens is 279 g/mol. The van der Waals surface area contributed by atoms with Crippen molar-refractivity contribution < 1.29 is 9.18 Å². The van der Waals surface area contributed by atoms with Gasteiger partial charge < -0.3 is 5.73 Å². The largest absolute Gasteiger partial charge is 0.368 e. The fraction of sp³-hybridized carbons (Fsp3) is 0.133. The van der Waals surface area contributed by atoms with E-state index in [9.17, 15) is 9.18 Å². The van der Waals surface area contributed by atoms with Gasteiger partial charge in [-0.1, -0.05) is 48.0 Å². The van der Waals surface area contributed by atoms with Crippen molar-refractivity contribution in [3.8, 4) is 0 Å². The average Bonchev–Trinajstić information content (AvgIpc) is 2.42. The van der Waals surface area contributed by atoms with Crippen LogP contribution < -0.4 is 11.1 Å². The first-order chi connectivity index (χ1) is 9.59. The van der Waals surface area contributed by atoms with Gasteiger partial charge in [-0.3, -0.25) is 10.1 Å². The fourth-order valence-electron chi connectivity index (χ4n) is 1.95. The fourth-order valence-corrected chi connectivity index (χ4v) is 2.22. The lowest BCUT2D eigenvalue weighted by molar-refractivity contribution is -0.120. The van der Waals surface area contributed by atoms with E-state index in [2.05, 4.69) is 5.32 Å². The van der Waals surface area contributed by atoms with Crippen LogP contribution in [-0.4, -0.2) is 5.91 Å². The highest BCUT2D eigenvalue weighted by atomic mass is 35.5. The molecule has 5 heteroatoms. The van der Waals surface area contributed by atoms with Gasteiger partial charge in [-0.15, -0.1) is 0 Å². The third-order valence-corrected chi connectivity index (χ3v) is 3.26. The van der Waals surface area contributed by atoms with Crippen molar-refractivity contribution in [1.29, 1.82) is 0 Å². The molecule has 2 rings (SSSR count). The third kappa shape index (κ3) is 3.35. The topological polar surface area (TPSA) is 55.1 Å². The molecule has 0 radical (unpaired) electrons. The van der Waals surface area contributed by atoms with E-state index in [0.29, 0.717) is 6.54 Å². The van der Waals surface area contributed by atoms with E-state index in [1.165, 1.54) is 18.2 Å². The first kappa shape index (κ1) is 14.5. The predicted octanol–water partition coefficient (Wildman–Crippen LogP) is 2.80. The summed E-state index contributed by atoms with van der Waals surface area (Å²) in [6, 6.07) is 12.7. The number of nitrogens with one attached hydrogen (secondary N) is 1. The van der Waals surface area contributed by atoms with Crippen molar-refractivity contribution in [1.82, 2.24) is 5.32 Å². The summed E-state index contributed by atoms with van der Waals surface area (Å²) in [6.45, 7) is 0.388. The van der Waals surface area contributed by atoms with Gasteiger partial charge in [-0.2, -0.15) is 0 Å². The van der Waals surface area contributed by atoms with Gasteiger partial charge in [0.15, 0.2) is 0 Å². The van der Waals surface area contributed by atoms with Gasteiger partial charge in [-0.05, 0) is 17.7 Å². The number of carbonyl (C=O) groups excluding carboxylic acids is 1. The smallest absolute Gasteiger partial charge is 0.239 e. The maximum Gasteiger partial charge on any atom is 0.239 e. The van der Waals surface area contributed by atoms with Gasteiger partial charge in [0.2, 0.25) is 5.91 Å². The lowest BCUT2D eigenvalue weighted by Gasteiger charge is -2.18. The van der Waals surface area contributed by atoms with Crippen LogP contribution in [0.4, 0.5) is 4.39 Å². The number of hydrogen-bond acceptors (Lipinski definition) is 2. The lowest BCUT2D eigenvalue weighted by Crippen LogP contribution is -2.34. The van der Waals surface area contributed by atoms with Crippen LogP contribution >= 0.6 is 11.6 Å². The van der Waals surface area contributed by atoms with Gasteiger partial charge in [-0.25, -0.2) is 4.39 Å². The van der Waals surface area contributed by atoms with E-state index in [1.807, 2.05) is 30.3 Å². The normalized spacial score (nSPS) is 12.1. The molecule has 104 valence electrons. The van der Waals surface area contributed by atoms with Crippen molar-refractivity contribution in [2.45, 2.75) is 12.6 Å². The number of amides is 1. The van der Waals surface area contributed by atoms with E-state index in [0.717, 1.165) is 5.56 Å². The number of hydrogen-bond donors (Lipinski definition) is 2. The Balaban J connectivity index is 2.22. The molecule has 3 N–H and O–H groups in total. The average molecular weight is 293 g/mol. The first-order valence-corrected chi connectivity index (χ1v) is 6.48. The monoisotopic (exact) mass is 292 g/mol. The van der Waals surface area contributed by atoms with Crippen LogP contribution in [0, 0.1) is 5.82 Å². The molecule has 0 bridgehead atoms. The second-order valence-corrected chi connectivity index (χ2v) is 4.74. The Labute approximate surface area is 121 Å². The lowest BCUT2D eigenvalue weighted by atomic mass is 10.0. The quantitative estimate of drug-likeness (QED) is 0.890. The SMILES string of the molecule is NC(=O)C(NCc1ccccc1)c1c(F)cccc1Cl. The molecule has 20 heavy (non-hydrogen) atoms. The number of halogens is 2. The maximum atomic E-state index is 13.9. The van der Waals surface area contributed by atoms with Crippen LogP contribution in [0.3, 0.4) is 0 Å². The predicted molar refractivity (Wildman–Crippen MR) is 76.6 cm³/mol. The second kappa shape index (κ2) is 6.50. The Bertz CT molecular complexity index is 584.